The Bertz CT molecular complexity index is 433. The molecule has 0 saturated carbocycles. The van der Waals surface area contributed by atoms with Crippen LogP contribution in [-0.4, -0.2) is 5.11 Å². The lowest BCUT2D eigenvalue weighted by Gasteiger charge is -2.09. The van der Waals surface area contributed by atoms with Crippen molar-refractivity contribution < 1.29 is 22.7 Å². The van der Waals surface area contributed by atoms with Crippen molar-refractivity contribution in [1.29, 1.82) is 0 Å². The summed E-state index contributed by atoms with van der Waals surface area (Å²) in [4.78, 5) is 0. The molecule has 0 amide bonds. The van der Waals surface area contributed by atoms with Crippen LogP contribution in [0.3, 0.4) is 0 Å². The molecule has 0 fully saturated rings. The molecule has 17 heavy (non-hydrogen) atoms. The smallest absolute Gasteiger partial charge is 0.167 e. The molecule has 0 atom stereocenters. The van der Waals surface area contributed by atoms with Crippen LogP contribution in [0.15, 0.2) is 11.6 Å². The molecule has 5 heteroatoms. The molecule has 1 aromatic carbocycles. The minimum absolute atomic E-state index is 0.237. The van der Waals surface area contributed by atoms with E-state index >= 15 is 0 Å². The van der Waals surface area contributed by atoms with Crippen molar-refractivity contribution in [1.82, 2.24) is 0 Å². The van der Waals surface area contributed by atoms with Gasteiger partial charge in [-0.05, 0) is 20.3 Å². The molecule has 0 saturated heterocycles. The molecule has 0 spiro atoms. The highest BCUT2D eigenvalue weighted by Crippen LogP contribution is 2.25. The molecule has 1 nitrogen and oxygen atoms in total. The van der Waals surface area contributed by atoms with E-state index in [1.54, 1.807) is 13.8 Å². The van der Waals surface area contributed by atoms with E-state index in [1.165, 1.54) is 6.08 Å². The molecule has 94 valence electrons. The first-order valence-corrected chi connectivity index (χ1v) is 4.98. The second-order valence-electron chi connectivity index (χ2n) is 3.86. The molecular formula is C12H12F4O. The predicted molar refractivity (Wildman–Crippen MR) is 55.3 cm³/mol. The summed E-state index contributed by atoms with van der Waals surface area (Å²) in [7, 11) is 0. The Hall–Kier alpha value is -1.36. The maximum atomic E-state index is 13.4. The van der Waals surface area contributed by atoms with Gasteiger partial charge in [0.05, 0.1) is 12.2 Å². The Morgan fingerprint density at radius 2 is 1.35 bits per heavy atom. The average molecular weight is 248 g/mol. The van der Waals surface area contributed by atoms with Crippen LogP contribution < -0.4 is 0 Å². The van der Waals surface area contributed by atoms with E-state index < -0.39 is 41.0 Å². The third-order valence-electron chi connectivity index (χ3n) is 2.32. The number of hydrogen-bond donors (Lipinski definition) is 1. The monoisotopic (exact) mass is 248 g/mol. The maximum Gasteiger partial charge on any atom is 0.167 e. The number of rotatable bonds is 3. The SMILES string of the molecule is CC(C)=CCc1c(F)c(F)c(CO)c(F)c1F. The van der Waals surface area contributed by atoms with E-state index in [2.05, 4.69) is 0 Å². The summed E-state index contributed by atoms with van der Waals surface area (Å²) in [6.45, 7) is 2.31. The highest BCUT2D eigenvalue weighted by atomic mass is 19.2. The summed E-state index contributed by atoms with van der Waals surface area (Å²) >= 11 is 0. The molecule has 0 aliphatic heterocycles. The normalized spacial score (nSPS) is 10.5. The molecule has 0 bridgehead atoms. The molecule has 0 aliphatic rings. The lowest BCUT2D eigenvalue weighted by Crippen LogP contribution is -2.08. The molecule has 1 N–H and O–H groups in total. The van der Waals surface area contributed by atoms with Crippen LogP contribution in [0.5, 0.6) is 0 Å². The van der Waals surface area contributed by atoms with E-state index in [-0.39, 0.29) is 6.42 Å². The summed E-state index contributed by atoms with van der Waals surface area (Å²) in [5.41, 5.74) is -0.879. The molecule has 0 aromatic heterocycles. The van der Waals surface area contributed by atoms with Gasteiger partial charge in [-0.3, -0.25) is 0 Å². The summed E-state index contributed by atoms with van der Waals surface area (Å²) in [6.07, 6.45) is 1.22. The average Bonchev–Trinajstić information content (AvgIpc) is 2.27. The minimum Gasteiger partial charge on any atom is -0.391 e. The van der Waals surface area contributed by atoms with Gasteiger partial charge in [0.2, 0.25) is 0 Å². The fraction of sp³-hybridized carbons (Fsp3) is 0.333. The van der Waals surface area contributed by atoms with Crippen molar-refractivity contribution in [3.63, 3.8) is 0 Å². The van der Waals surface area contributed by atoms with Crippen molar-refractivity contribution in [2.24, 2.45) is 0 Å². The Morgan fingerprint density at radius 1 is 0.941 bits per heavy atom. The van der Waals surface area contributed by atoms with Gasteiger partial charge in [0, 0.05) is 5.56 Å². The largest absolute Gasteiger partial charge is 0.391 e. The maximum absolute atomic E-state index is 13.4. The molecule has 1 aromatic rings. The standard InChI is InChI=1S/C12H12F4O/c1-6(2)3-4-7-9(13)11(15)8(5-17)12(16)10(7)14/h3,17H,4-5H2,1-2H3. The summed E-state index contributed by atoms with van der Waals surface area (Å²) in [5.74, 6) is -5.98. The Balaban J connectivity index is 3.37. The van der Waals surface area contributed by atoms with Crippen molar-refractivity contribution in [2.45, 2.75) is 26.9 Å². The molecule has 0 heterocycles. The zero-order chi connectivity index (χ0) is 13.2. The summed E-state index contributed by atoms with van der Waals surface area (Å²) in [5, 5.41) is 8.63. The van der Waals surface area contributed by atoms with Gasteiger partial charge in [-0.25, -0.2) is 17.6 Å². The molecule has 1 rings (SSSR count). The first kappa shape index (κ1) is 13.7. The lowest BCUT2D eigenvalue weighted by atomic mass is 10.0. The number of aliphatic hydroxyl groups excluding tert-OH is 1. The van der Waals surface area contributed by atoms with Crippen LogP contribution in [0, 0.1) is 23.3 Å². The first-order chi connectivity index (χ1) is 7.90. The van der Waals surface area contributed by atoms with E-state index in [0.29, 0.717) is 0 Å². The van der Waals surface area contributed by atoms with Gasteiger partial charge in [0.25, 0.3) is 0 Å². The van der Waals surface area contributed by atoms with Gasteiger partial charge in [-0.15, -0.1) is 0 Å². The van der Waals surface area contributed by atoms with Crippen LogP contribution in [0.2, 0.25) is 0 Å². The highest BCUT2D eigenvalue weighted by Gasteiger charge is 2.23. The molecular weight excluding hydrogens is 236 g/mol. The van der Waals surface area contributed by atoms with E-state index in [9.17, 15) is 17.6 Å². The van der Waals surface area contributed by atoms with Crippen LogP contribution >= 0.6 is 0 Å². The van der Waals surface area contributed by atoms with E-state index in [0.717, 1.165) is 5.57 Å². The topological polar surface area (TPSA) is 20.2 Å². The molecule has 0 aliphatic carbocycles. The third kappa shape index (κ3) is 2.66. The summed E-state index contributed by atoms with van der Waals surface area (Å²) in [6, 6.07) is 0. The Kier molecular flexibility index (Phi) is 4.28. The third-order valence-corrected chi connectivity index (χ3v) is 2.32. The zero-order valence-electron chi connectivity index (χ0n) is 9.45. The van der Waals surface area contributed by atoms with Crippen LogP contribution in [0.4, 0.5) is 17.6 Å². The molecule has 0 radical (unpaired) electrons. The van der Waals surface area contributed by atoms with Gasteiger partial charge in [-0.1, -0.05) is 11.6 Å². The van der Waals surface area contributed by atoms with Crippen molar-refractivity contribution >= 4 is 0 Å². The fourth-order valence-corrected chi connectivity index (χ4v) is 1.35. The first-order valence-electron chi connectivity index (χ1n) is 4.98. The van der Waals surface area contributed by atoms with Gasteiger partial charge < -0.3 is 5.11 Å². The highest BCUT2D eigenvalue weighted by molar-refractivity contribution is 5.31. The van der Waals surface area contributed by atoms with Crippen molar-refractivity contribution in [2.75, 3.05) is 0 Å². The quantitative estimate of drug-likeness (QED) is 0.494. The number of allylic oxidation sites excluding steroid dienone is 2. The van der Waals surface area contributed by atoms with Gasteiger partial charge in [0.15, 0.2) is 23.3 Å². The molecule has 0 unspecified atom stereocenters. The van der Waals surface area contributed by atoms with E-state index in [1.807, 2.05) is 0 Å². The van der Waals surface area contributed by atoms with Gasteiger partial charge in [0.1, 0.15) is 0 Å². The number of aliphatic hydroxyl groups is 1. The summed E-state index contributed by atoms with van der Waals surface area (Å²) < 4.78 is 53.4. The minimum atomic E-state index is -1.54. The van der Waals surface area contributed by atoms with Crippen LogP contribution in [-0.2, 0) is 13.0 Å². The van der Waals surface area contributed by atoms with Gasteiger partial charge in [-0.2, -0.15) is 0 Å². The Morgan fingerprint density at radius 3 is 1.71 bits per heavy atom. The van der Waals surface area contributed by atoms with Crippen LogP contribution in [0.25, 0.3) is 0 Å². The number of hydrogen-bond acceptors (Lipinski definition) is 1. The number of benzene rings is 1. The Labute approximate surface area is 96.4 Å². The zero-order valence-corrected chi connectivity index (χ0v) is 9.45. The second-order valence-corrected chi connectivity index (χ2v) is 3.86. The number of halogens is 4. The van der Waals surface area contributed by atoms with Gasteiger partial charge >= 0.3 is 0 Å². The van der Waals surface area contributed by atoms with Crippen molar-refractivity contribution in [3.05, 3.63) is 46.0 Å². The van der Waals surface area contributed by atoms with Crippen molar-refractivity contribution in [3.8, 4) is 0 Å². The fourth-order valence-electron chi connectivity index (χ4n) is 1.35. The van der Waals surface area contributed by atoms with E-state index in [4.69, 9.17) is 5.11 Å². The lowest BCUT2D eigenvalue weighted by molar-refractivity contribution is 0.262. The second kappa shape index (κ2) is 5.31. The predicted octanol–water partition coefficient (Wildman–Crippen LogP) is 3.24. The van der Waals surface area contributed by atoms with Crippen LogP contribution in [0.1, 0.15) is 25.0 Å².